The lowest BCUT2D eigenvalue weighted by molar-refractivity contribution is 0.549. The van der Waals surface area contributed by atoms with Crippen molar-refractivity contribution in [1.82, 2.24) is 0 Å². The molecule has 106 valence electrons. The predicted octanol–water partition coefficient (Wildman–Crippen LogP) is 3.41. The molecule has 0 bridgehead atoms. The molecule has 0 radical (unpaired) electrons. The molecule has 0 aliphatic heterocycles. The van der Waals surface area contributed by atoms with Gasteiger partial charge in [-0.05, 0) is 25.1 Å². The Morgan fingerprint density at radius 3 is 2.30 bits per heavy atom. The van der Waals surface area contributed by atoms with E-state index in [1.165, 1.54) is 12.1 Å². The Kier molecular flexibility index (Phi) is 4.35. The quantitative estimate of drug-likeness (QED) is 0.927. The third-order valence-electron chi connectivity index (χ3n) is 3.45. The fourth-order valence-corrected chi connectivity index (χ4v) is 2.23. The van der Waals surface area contributed by atoms with Crippen LogP contribution in [0.3, 0.4) is 0 Å². The fourth-order valence-electron chi connectivity index (χ4n) is 2.23. The van der Waals surface area contributed by atoms with Crippen LogP contribution in [0.15, 0.2) is 42.5 Å². The van der Waals surface area contributed by atoms with Gasteiger partial charge >= 0.3 is 0 Å². The van der Waals surface area contributed by atoms with Gasteiger partial charge in [0.15, 0.2) is 0 Å². The monoisotopic (exact) mass is 276 g/mol. The van der Waals surface area contributed by atoms with Crippen molar-refractivity contribution < 1.29 is 8.78 Å². The summed E-state index contributed by atoms with van der Waals surface area (Å²) < 4.78 is 26.9. The summed E-state index contributed by atoms with van der Waals surface area (Å²) in [5.74, 6) is -1.15. The first-order chi connectivity index (χ1) is 9.52. The minimum atomic E-state index is -0.583. The number of nitrogens with zero attached hydrogens (tertiary/aromatic N) is 1. The summed E-state index contributed by atoms with van der Waals surface area (Å²) in [7, 11) is 1.85. The van der Waals surface area contributed by atoms with Crippen LogP contribution >= 0.6 is 0 Å². The number of benzene rings is 2. The molecule has 2 aromatic rings. The maximum absolute atomic E-state index is 13.9. The van der Waals surface area contributed by atoms with Crippen molar-refractivity contribution in [1.29, 1.82) is 0 Å². The second-order valence-electron chi connectivity index (χ2n) is 4.86. The van der Waals surface area contributed by atoms with E-state index in [-0.39, 0.29) is 12.6 Å². The number of hydrogen-bond acceptors (Lipinski definition) is 2. The van der Waals surface area contributed by atoms with Gasteiger partial charge in [-0.2, -0.15) is 0 Å². The Hall–Kier alpha value is -1.94. The van der Waals surface area contributed by atoms with E-state index in [0.29, 0.717) is 5.56 Å². The van der Waals surface area contributed by atoms with Gasteiger partial charge in [0.1, 0.15) is 11.6 Å². The largest absolute Gasteiger partial charge is 0.366 e. The number of anilines is 1. The Labute approximate surface area is 117 Å². The van der Waals surface area contributed by atoms with Gasteiger partial charge in [0.25, 0.3) is 0 Å². The smallest absolute Gasteiger partial charge is 0.131 e. The third-order valence-corrected chi connectivity index (χ3v) is 3.45. The van der Waals surface area contributed by atoms with Crippen molar-refractivity contribution in [2.24, 2.45) is 5.73 Å². The number of aryl methyl sites for hydroxylation is 1. The van der Waals surface area contributed by atoms with Crippen LogP contribution in [-0.2, 0) is 0 Å². The molecule has 0 heterocycles. The van der Waals surface area contributed by atoms with Crippen LogP contribution in [0.4, 0.5) is 14.5 Å². The van der Waals surface area contributed by atoms with Gasteiger partial charge in [-0.15, -0.1) is 0 Å². The highest BCUT2D eigenvalue weighted by Gasteiger charge is 2.19. The molecule has 2 nitrogen and oxygen atoms in total. The normalized spacial score (nSPS) is 12.2. The molecule has 0 saturated heterocycles. The van der Waals surface area contributed by atoms with Crippen LogP contribution in [-0.4, -0.2) is 13.6 Å². The molecule has 0 amide bonds. The molecule has 20 heavy (non-hydrogen) atoms. The predicted molar refractivity (Wildman–Crippen MR) is 77.7 cm³/mol. The molecule has 2 rings (SSSR count). The lowest BCUT2D eigenvalue weighted by Gasteiger charge is -2.30. The maximum atomic E-state index is 13.9. The van der Waals surface area contributed by atoms with Crippen molar-refractivity contribution in [3.05, 3.63) is 65.2 Å². The Morgan fingerprint density at radius 1 is 1.10 bits per heavy atom. The number of rotatable bonds is 4. The van der Waals surface area contributed by atoms with Gasteiger partial charge in [0.2, 0.25) is 0 Å². The number of hydrogen-bond donors (Lipinski definition) is 1. The van der Waals surface area contributed by atoms with Crippen LogP contribution in [0.25, 0.3) is 0 Å². The highest BCUT2D eigenvalue weighted by Crippen LogP contribution is 2.27. The van der Waals surface area contributed by atoms with Gasteiger partial charge in [0, 0.05) is 30.9 Å². The number of halogens is 2. The molecule has 0 saturated carbocycles. The lowest BCUT2D eigenvalue weighted by atomic mass is 10.0. The van der Waals surface area contributed by atoms with Crippen molar-refractivity contribution in [3.8, 4) is 0 Å². The van der Waals surface area contributed by atoms with Gasteiger partial charge in [0.05, 0.1) is 6.04 Å². The summed E-state index contributed by atoms with van der Waals surface area (Å²) >= 11 is 0. The Bertz CT molecular complexity index is 582. The fraction of sp³-hybridized carbons (Fsp3) is 0.250. The van der Waals surface area contributed by atoms with Gasteiger partial charge in [-0.3, -0.25) is 0 Å². The van der Waals surface area contributed by atoms with Crippen molar-refractivity contribution in [2.75, 3.05) is 18.5 Å². The zero-order valence-electron chi connectivity index (χ0n) is 11.6. The Morgan fingerprint density at radius 2 is 1.75 bits per heavy atom. The minimum absolute atomic E-state index is 0.243. The van der Waals surface area contributed by atoms with E-state index in [2.05, 4.69) is 0 Å². The van der Waals surface area contributed by atoms with E-state index < -0.39 is 11.6 Å². The van der Waals surface area contributed by atoms with Crippen LogP contribution in [0.1, 0.15) is 17.2 Å². The highest BCUT2D eigenvalue weighted by atomic mass is 19.1. The molecule has 0 aliphatic rings. The van der Waals surface area contributed by atoms with Crippen molar-refractivity contribution in [3.63, 3.8) is 0 Å². The first-order valence-corrected chi connectivity index (χ1v) is 6.47. The molecule has 2 aromatic carbocycles. The van der Waals surface area contributed by atoms with Crippen LogP contribution < -0.4 is 10.6 Å². The molecular weight excluding hydrogens is 258 g/mol. The molecule has 1 unspecified atom stereocenters. The third kappa shape index (κ3) is 2.96. The zero-order valence-corrected chi connectivity index (χ0v) is 11.6. The average molecular weight is 276 g/mol. The summed E-state index contributed by atoms with van der Waals surface area (Å²) in [6.07, 6.45) is 0. The van der Waals surface area contributed by atoms with E-state index in [0.717, 1.165) is 17.3 Å². The lowest BCUT2D eigenvalue weighted by Crippen LogP contribution is -2.31. The number of nitrogens with two attached hydrogens (primary N) is 1. The topological polar surface area (TPSA) is 29.3 Å². The van der Waals surface area contributed by atoms with E-state index in [4.69, 9.17) is 5.73 Å². The average Bonchev–Trinajstić information content (AvgIpc) is 2.42. The van der Waals surface area contributed by atoms with E-state index in [1.54, 1.807) is 0 Å². The van der Waals surface area contributed by atoms with Crippen LogP contribution in [0, 0.1) is 18.6 Å². The maximum Gasteiger partial charge on any atom is 0.131 e. The highest BCUT2D eigenvalue weighted by molar-refractivity contribution is 5.49. The minimum Gasteiger partial charge on any atom is -0.366 e. The molecule has 0 aliphatic carbocycles. The van der Waals surface area contributed by atoms with E-state index in [1.807, 2.05) is 43.1 Å². The van der Waals surface area contributed by atoms with Crippen LogP contribution in [0.5, 0.6) is 0 Å². The van der Waals surface area contributed by atoms with Gasteiger partial charge in [-0.1, -0.05) is 23.8 Å². The molecule has 1 atom stereocenters. The Balaban J connectivity index is 2.33. The van der Waals surface area contributed by atoms with Crippen molar-refractivity contribution >= 4 is 5.69 Å². The second-order valence-corrected chi connectivity index (χ2v) is 4.86. The van der Waals surface area contributed by atoms with E-state index in [9.17, 15) is 8.78 Å². The molecule has 4 heteroatoms. The summed E-state index contributed by atoms with van der Waals surface area (Å²) in [6, 6.07) is 11.1. The standard InChI is InChI=1S/C16H18F2N2/c1-11-3-6-13(7-4-11)20(2)16(10-19)14-8-5-12(17)9-15(14)18/h3-9,16H,10,19H2,1-2H3. The zero-order chi connectivity index (χ0) is 14.7. The summed E-state index contributed by atoms with van der Waals surface area (Å²) in [5, 5.41) is 0. The molecule has 0 fully saturated rings. The first-order valence-electron chi connectivity index (χ1n) is 6.47. The number of likely N-dealkylation sites (N-methyl/N-ethyl adjacent to an activating group) is 1. The SMILES string of the molecule is Cc1ccc(N(C)C(CN)c2ccc(F)cc2F)cc1. The molecular formula is C16H18F2N2. The molecule has 0 aromatic heterocycles. The molecule has 2 N–H and O–H groups in total. The summed E-state index contributed by atoms with van der Waals surface area (Å²) in [5.41, 5.74) is 8.27. The first kappa shape index (κ1) is 14.5. The van der Waals surface area contributed by atoms with Gasteiger partial charge in [-0.25, -0.2) is 8.78 Å². The van der Waals surface area contributed by atoms with Crippen LogP contribution in [0.2, 0.25) is 0 Å². The summed E-state index contributed by atoms with van der Waals surface area (Å²) in [4.78, 5) is 1.90. The van der Waals surface area contributed by atoms with E-state index >= 15 is 0 Å². The van der Waals surface area contributed by atoms with Gasteiger partial charge < -0.3 is 10.6 Å². The van der Waals surface area contributed by atoms with Crippen molar-refractivity contribution in [2.45, 2.75) is 13.0 Å². The summed E-state index contributed by atoms with van der Waals surface area (Å²) in [6.45, 7) is 2.25. The molecule has 0 spiro atoms. The second kappa shape index (κ2) is 6.01.